The summed E-state index contributed by atoms with van der Waals surface area (Å²) in [5, 5.41) is 0. The van der Waals surface area contributed by atoms with Gasteiger partial charge in [-0.25, -0.2) is 0 Å². The molecule has 0 N–H and O–H groups in total. The average Bonchev–Trinajstić information content (AvgIpc) is 2.63. The molecule has 0 heterocycles. The number of rotatable bonds is 1. The van der Waals surface area contributed by atoms with Gasteiger partial charge in [0.15, 0.2) is 0 Å². The van der Waals surface area contributed by atoms with E-state index in [0.717, 1.165) is 19.3 Å². The van der Waals surface area contributed by atoms with Crippen molar-refractivity contribution in [2.45, 2.75) is 103 Å². The Hall–Kier alpha value is -1.31. The second-order valence-corrected chi connectivity index (χ2v) is 9.82. The van der Waals surface area contributed by atoms with Gasteiger partial charge in [-0.1, -0.05) is 56.4 Å². The van der Waals surface area contributed by atoms with Gasteiger partial charge in [-0.2, -0.15) is 0 Å². The Balaban J connectivity index is 1.75. The molecule has 150 valence electrons. The highest BCUT2D eigenvalue weighted by Crippen LogP contribution is 2.44. The minimum Gasteiger partial charge on any atom is -0.460 e. The van der Waals surface area contributed by atoms with Crippen LogP contribution in [0.5, 0.6) is 0 Å². The summed E-state index contributed by atoms with van der Waals surface area (Å²) in [6.07, 6.45) is 13.6. The molecule has 0 spiro atoms. The molecule has 3 atom stereocenters. The summed E-state index contributed by atoms with van der Waals surface area (Å²) in [4.78, 5) is 12.7. The Morgan fingerprint density at radius 2 is 1.70 bits per heavy atom. The lowest BCUT2D eigenvalue weighted by Gasteiger charge is -2.37. The molecule has 2 bridgehead atoms. The van der Waals surface area contributed by atoms with E-state index in [-0.39, 0.29) is 17.5 Å². The van der Waals surface area contributed by atoms with Crippen LogP contribution in [0.2, 0.25) is 0 Å². The average molecular weight is 371 g/mol. The van der Waals surface area contributed by atoms with Crippen LogP contribution in [-0.2, 0) is 16.0 Å². The van der Waals surface area contributed by atoms with Gasteiger partial charge < -0.3 is 4.74 Å². The van der Waals surface area contributed by atoms with Crippen LogP contribution in [0.4, 0.5) is 0 Å². The fraction of sp³-hybridized carbons (Fsp3) is 0.720. The maximum Gasteiger partial charge on any atom is 0.309 e. The summed E-state index contributed by atoms with van der Waals surface area (Å²) >= 11 is 0. The van der Waals surface area contributed by atoms with E-state index >= 15 is 0 Å². The molecule has 0 aromatic heterocycles. The zero-order valence-electron chi connectivity index (χ0n) is 17.6. The van der Waals surface area contributed by atoms with Gasteiger partial charge in [-0.05, 0) is 82.3 Å². The van der Waals surface area contributed by atoms with Crippen molar-refractivity contribution in [2.24, 2.45) is 11.8 Å². The van der Waals surface area contributed by atoms with E-state index < -0.39 is 0 Å². The molecule has 3 rings (SSSR count). The quantitative estimate of drug-likeness (QED) is 0.507. The molecule has 0 amide bonds. The predicted octanol–water partition coefficient (Wildman–Crippen LogP) is 6.82. The Morgan fingerprint density at radius 1 is 0.963 bits per heavy atom. The standard InChI is InChI=1S/C25H38O2/c1-25(2,3)27-24(26)22-15-16-23-20-14-10-12-19(17-20)11-8-6-4-5-7-9-13-21(23)18-22/h10,12,14,17,21-23H,4-9,11,13,15-16,18H2,1-3H3. The van der Waals surface area contributed by atoms with Crippen molar-refractivity contribution < 1.29 is 9.53 Å². The molecule has 1 aromatic carbocycles. The van der Waals surface area contributed by atoms with Crippen LogP contribution in [-0.4, -0.2) is 11.6 Å². The van der Waals surface area contributed by atoms with E-state index in [1.54, 1.807) is 0 Å². The lowest BCUT2D eigenvalue weighted by Crippen LogP contribution is -2.33. The largest absolute Gasteiger partial charge is 0.460 e. The summed E-state index contributed by atoms with van der Waals surface area (Å²) in [6.45, 7) is 5.92. The first-order valence-corrected chi connectivity index (χ1v) is 11.2. The minimum atomic E-state index is -0.382. The van der Waals surface area contributed by atoms with Gasteiger partial charge >= 0.3 is 5.97 Å². The highest BCUT2D eigenvalue weighted by Gasteiger charge is 2.36. The van der Waals surface area contributed by atoms with Gasteiger partial charge in [0.2, 0.25) is 0 Å². The summed E-state index contributed by atoms with van der Waals surface area (Å²) in [7, 11) is 0. The monoisotopic (exact) mass is 370 g/mol. The van der Waals surface area contributed by atoms with Crippen molar-refractivity contribution in [3.8, 4) is 0 Å². The molecule has 0 saturated heterocycles. The number of carbonyl (C=O) groups excluding carboxylic acids is 1. The molecular formula is C25H38O2. The number of hydrogen-bond donors (Lipinski definition) is 0. The third-order valence-electron chi connectivity index (χ3n) is 6.39. The van der Waals surface area contributed by atoms with E-state index in [9.17, 15) is 4.79 Å². The van der Waals surface area contributed by atoms with Crippen molar-refractivity contribution in [3.05, 3.63) is 35.4 Å². The van der Waals surface area contributed by atoms with Crippen molar-refractivity contribution in [3.63, 3.8) is 0 Å². The number of ether oxygens (including phenoxy) is 1. The molecule has 3 unspecified atom stereocenters. The molecule has 1 fully saturated rings. The molecule has 27 heavy (non-hydrogen) atoms. The van der Waals surface area contributed by atoms with E-state index in [0.29, 0.717) is 11.8 Å². The maximum atomic E-state index is 12.7. The van der Waals surface area contributed by atoms with Gasteiger partial charge in [-0.15, -0.1) is 0 Å². The van der Waals surface area contributed by atoms with Crippen LogP contribution < -0.4 is 0 Å². The van der Waals surface area contributed by atoms with Crippen LogP contribution in [0.3, 0.4) is 0 Å². The predicted molar refractivity (Wildman–Crippen MR) is 112 cm³/mol. The molecule has 1 aromatic rings. The third-order valence-corrected chi connectivity index (χ3v) is 6.39. The summed E-state index contributed by atoms with van der Waals surface area (Å²) in [5.74, 6) is 1.35. The van der Waals surface area contributed by atoms with Crippen LogP contribution in [0.1, 0.15) is 102 Å². The first kappa shape index (κ1) is 20.4. The number of fused-ring (bicyclic) bond motifs is 4. The minimum absolute atomic E-state index is 0.0256. The SMILES string of the molecule is CC(C)(C)OC(=O)C1CCC2c3cccc(c3)CCCCCCCCC2C1. The molecular weight excluding hydrogens is 332 g/mol. The van der Waals surface area contributed by atoms with E-state index in [1.165, 1.54) is 62.5 Å². The first-order valence-electron chi connectivity index (χ1n) is 11.2. The van der Waals surface area contributed by atoms with E-state index in [4.69, 9.17) is 4.74 Å². The lowest BCUT2D eigenvalue weighted by atomic mass is 9.69. The summed E-state index contributed by atoms with van der Waals surface area (Å²) in [5.41, 5.74) is 2.63. The van der Waals surface area contributed by atoms with E-state index in [1.807, 2.05) is 20.8 Å². The van der Waals surface area contributed by atoms with Crippen LogP contribution in [0.25, 0.3) is 0 Å². The second-order valence-electron chi connectivity index (χ2n) is 9.82. The number of esters is 1. The molecule has 2 aliphatic rings. The van der Waals surface area contributed by atoms with Crippen molar-refractivity contribution >= 4 is 5.97 Å². The van der Waals surface area contributed by atoms with Gasteiger partial charge in [-0.3, -0.25) is 4.79 Å². The summed E-state index contributed by atoms with van der Waals surface area (Å²) in [6, 6.07) is 9.34. The Morgan fingerprint density at radius 3 is 2.48 bits per heavy atom. The number of hydrogen-bond acceptors (Lipinski definition) is 2. The van der Waals surface area contributed by atoms with Crippen molar-refractivity contribution in [1.29, 1.82) is 0 Å². The normalized spacial score (nSPS) is 27.4. The number of benzene rings is 1. The highest BCUT2D eigenvalue weighted by atomic mass is 16.6. The molecule has 2 heteroatoms. The first-order chi connectivity index (χ1) is 12.9. The highest BCUT2D eigenvalue weighted by molar-refractivity contribution is 5.73. The van der Waals surface area contributed by atoms with Crippen LogP contribution in [0, 0.1) is 11.8 Å². The lowest BCUT2D eigenvalue weighted by molar-refractivity contribution is -0.162. The Bertz CT molecular complexity index is 613. The zero-order chi connectivity index (χ0) is 19.3. The number of aryl methyl sites for hydroxylation is 1. The van der Waals surface area contributed by atoms with Gasteiger partial charge in [0, 0.05) is 0 Å². The number of carbonyl (C=O) groups is 1. The fourth-order valence-corrected chi connectivity index (χ4v) is 5.04. The summed E-state index contributed by atoms with van der Waals surface area (Å²) < 4.78 is 5.72. The second kappa shape index (κ2) is 9.26. The maximum absolute atomic E-state index is 12.7. The third kappa shape index (κ3) is 6.09. The molecule has 0 radical (unpaired) electrons. The zero-order valence-corrected chi connectivity index (χ0v) is 17.6. The van der Waals surface area contributed by atoms with Crippen molar-refractivity contribution in [1.82, 2.24) is 0 Å². The Kier molecular flexibility index (Phi) is 7.00. The topological polar surface area (TPSA) is 26.3 Å². The molecule has 0 aliphatic heterocycles. The van der Waals surface area contributed by atoms with Crippen molar-refractivity contribution in [2.75, 3.05) is 0 Å². The van der Waals surface area contributed by atoms with Crippen LogP contribution in [0.15, 0.2) is 24.3 Å². The van der Waals surface area contributed by atoms with Gasteiger partial charge in [0.05, 0.1) is 5.92 Å². The fourth-order valence-electron chi connectivity index (χ4n) is 5.04. The molecule has 2 nitrogen and oxygen atoms in total. The smallest absolute Gasteiger partial charge is 0.309 e. The Labute approximate surface area is 166 Å². The van der Waals surface area contributed by atoms with E-state index in [2.05, 4.69) is 24.3 Å². The van der Waals surface area contributed by atoms with Gasteiger partial charge in [0.25, 0.3) is 0 Å². The van der Waals surface area contributed by atoms with Gasteiger partial charge in [0.1, 0.15) is 5.60 Å². The van der Waals surface area contributed by atoms with Crippen LogP contribution >= 0.6 is 0 Å². The molecule has 1 saturated carbocycles. The molecule has 2 aliphatic carbocycles.